The number of carbonyl (C=O) groups excluding carboxylic acids is 3. The number of fused-ring (bicyclic) bond motifs is 3. The highest BCUT2D eigenvalue weighted by Crippen LogP contribution is 2.55. The van der Waals surface area contributed by atoms with E-state index in [1.807, 2.05) is 6.92 Å². The van der Waals surface area contributed by atoms with E-state index >= 15 is 0 Å². The predicted octanol–water partition coefficient (Wildman–Crippen LogP) is 1.39. The Kier molecular flexibility index (Phi) is 3.93. The fourth-order valence-corrected chi connectivity index (χ4v) is 5.19. The molecule has 3 aliphatic rings. The maximum atomic E-state index is 13.2. The van der Waals surface area contributed by atoms with E-state index in [-0.39, 0.29) is 29.2 Å². The Hall–Kier alpha value is -3.13. The number of nitrogens with two attached hydrogens (primary N) is 1. The van der Waals surface area contributed by atoms with E-state index in [0.29, 0.717) is 5.56 Å². The van der Waals surface area contributed by atoms with Gasteiger partial charge >= 0.3 is 0 Å². The number of primary amides is 1. The van der Waals surface area contributed by atoms with E-state index in [1.54, 1.807) is 12.1 Å². The summed E-state index contributed by atoms with van der Waals surface area (Å²) < 4.78 is 0. The molecule has 0 saturated carbocycles. The molecule has 1 aromatic rings. The van der Waals surface area contributed by atoms with E-state index in [9.17, 15) is 34.8 Å². The molecule has 8 heteroatoms. The molecular weight excluding hydrogens is 378 g/mol. The SMILES string of the molecule is C[C@@H]1C(O)=C(C(N)=O)C(=O)[C@@]2(O)C(O)=C3C(=O)c4c(O)cccc4[C@H](C)[C@H]3C[C@@H]12. The first kappa shape index (κ1) is 19.2. The van der Waals surface area contributed by atoms with Gasteiger partial charge in [-0.05, 0) is 29.9 Å². The zero-order chi connectivity index (χ0) is 21.4. The molecule has 8 nitrogen and oxygen atoms in total. The highest BCUT2D eigenvalue weighted by molar-refractivity contribution is 6.24. The second-order valence-electron chi connectivity index (χ2n) is 8.08. The molecule has 152 valence electrons. The van der Waals surface area contributed by atoms with Gasteiger partial charge in [0.25, 0.3) is 5.91 Å². The minimum absolute atomic E-state index is 0.0182. The molecule has 0 fully saturated rings. The molecule has 1 amide bonds. The molecule has 0 unspecified atom stereocenters. The Morgan fingerprint density at radius 1 is 1.14 bits per heavy atom. The van der Waals surface area contributed by atoms with Crippen molar-refractivity contribution < 1.29 is 34.8 Å². The largest absolute Gasteiger partial charge is 0.511 e. The first-order valence-corrected chi connectivity index (χ1v) is 9.33. The molecule has 0 saturated heterocycles. The molecule has 6 N–H and O–H groups in total. The van der Waals surface area contributed by atoms with E-state index in [2.05, 4.69) is 0 Å². The predicted molar refractivity (Wildman–Crippen MR) is 100 cm³/mol. The molecule has 0 aliphatic heterocycles. The second-order valence-corrected chi connectivity index (χ2v) is 8.08. The molecule has 0 radical (unpaired) electrons. The number of phenols is 1. The molecule has 29 heavy (non-hydrogen) atoms. The standard InChI is InChI=1S/C21H21NO7/c1-7-9-4-3-5-12(23)13(9)17(25)14-10(7)6-11-8(2)16(24)15(20(22)28)19(27)21(11,29)18(14)26/h3-5,7-8,10-11,23-24,26,29H,6H2,1-2H3,(H2,22,28)/t7-,8-,10+,11-,21-/m0/s1. The summed E-state index contributed by atoms with van der Waals surface area (Å²) in [7, 11) is 0. The van der Waals surface area contributed by atoms with Crippen LogP contribution in [-0.4, -0.2) is 43.5 Å². The highest BCUT2D eigenvalue weighted by atomic mass is 16.3. The number of rotatable bonds is 1. The molecule has 0 bridgehead atoms. The zero-order valence-electron chi connectivity index (χ0n) is 15.8. The molecule has 0 spiro atoms. The van der Waals surface area contributed by atoms with Gasteiger partial charge in [-0.25, -0.2) is 0 Å². The van der Waals surface area contributed by atoms with Crippen molar-refractivity contribution in [2.45, 2.75) is 31.8 Å². The summed E-state index contributed by atoms with van der Waals surface area (Å²) in [6, 6.07) is 4.68. The first-order valence-electron chi connectivity index (χ1n) is 9.33. The summed E-state index contributed by atoms with van der Waals surface area (Å²) in [5.41, 5.74) is 2.35. The van der Waals surface area contributed by atoms with Gasteiger partial charge < -0.3 is 26.2 Å². The van der Waals surface area contributed by atoms with Gasteiger partial charge in [-0.15, -0.1) is 0 Å². The van der Waals surface area contributed by atoms with Crippen molar-refractivity contribution in [3.63, 3.8) is 0 Å². The van der Waals surface area contributed by atoms with Gasteiger partial charge in [0.05, 0.1) is 5.56 Å². The van der Waals surface area contributed by atoms with Crippen molar-refractivity contribution >= 4 is 17.5 Å². The summed E-state index contributed by atoms with van der Waals surface area (Å²) in [6.45, 7) is 3.35. The van der Waals surface area contributed by atoms with Crippen molar-refractivity contribution in [1.82, 2.24) is 0 Å². The molecular formula is C21H21NO7. The number of aromatic hydroxyl groups is 1. The van der Waals surface area contributed by atoms with Crippen LogP contribution in [0.25, 0.3) is 0 Å². The zero-order valence-corrected chi connectivity index (χ0v) is 15.8. The third kappa shape index (κ3) is 2.20. The summed E-state index contributed by atoms with van der Waals surface area (Å²) in [5, 5.41) is 42.8. The van der Waals surface area contributed by atoms with Crippen molar-refractivity contribution in [3.05, 3.63) is 52.0 Å². The van der Waals surface area contributed by atoms with Gasteiger partial charge in [0.1, 0.15) is 22.8 Å². The topological polar surface area (TPSA) is 158 Å². The van der Waals surface area contributed by atoms with Crippen LogP contribution in [0.5, 0.6) is 5.75 Å². The number of ketones is 2. The van der Waals surface area contributed by atoms with Gasteiger partial charge in [-0.2, -0.15) is 0 Å². The number of hydrogen-bond donors (Lipinski definition) is 5. The summed E-state index contributed by atoms with van der Waals surface area (Å²) >= 11 is 0. The molecule has 0 aromatic heterocycles. The number of amides is 1. The van der Waals surface area contributed by atoms with Crippen LogP contribution in [0.4, 0.5) is 0 Å². The minimum atomic E-state index is -2.56. The quantitative estimate of drug-likeness (QED) is 0.446. The van der Waals surface area contributed by atoms with Crippen LogP contribution in [0.1, 0.15) is 42.1 Å². The first-order chi connectivity index (χ1) is 13.5. The van der Waals surface area contributed by atoms with Gasteiger partial charge in [0.2, 0.25) is 5.78 Å². The smallest absolute Gasteiger partial charge is 0.255 e. The fraction of sp³-hybridized carbons (Fsp3) is 0.381. The van der Waals surface area contributed by atoms with Crippen LogP contribution in [0.2, 0.25) is 0 Å². The van der Waals surface area contributed by atoms with Crippen LogP contribution >= 0.6 is 0 Å². The summed E-state index contributed by atoms with van der Waals surface area (Å²) in [5.74, 6) is -7.40. The number of allylic oxidation sites excluding steroid dienone is 2. The second kappa shape index (κ2) is 5.93. The fourth-order valence-electron chi connectivity index (χ4n) is 5.19. The molecule has 1 aromatic carbocycles. The average Bonchev–Trinajstić information content (AvgIpc) is 2.66. The Morgan fingerprint density at radius 2 is 1.79 bits per heavy atom. The van der Waals surface area contributed by atoms with Crippen molar-refractivity contribution in [1.29, 1.82) is 0 Å². The van der Waals surface area contributed by atoms with E-state index in [4.69, 9.17) is 5.73 Å². The monoisotopic (exact) mass is 399 g/mol. The van der Waals surface area contributed by atoms with E-state index in [0.717, 1.165) is 0 Å². The Labute approximate surface area is 166 Å². The van der Waals surface area contributed by atoms with Gasteiger partial charge in [-0.1, -0.05) is 26.0 Å². The van der Waals surface area contributed by atoms with Crippen LogP contribution < -0.4 is 5.73 Å². The minimum Gasteiger partial charge on any atom is -0.511 e. The van der Waals surface area contributed by atoms with Crippen LogP contribution in [0.3, 0.4) is 0 Å². The third-order valence-electron chi connectivity index (χ3n) is 6.78. The average molecular weight is 399 g/mol. The maximum absolute atomic E-state index is 13.2. The number of hydrogen-bond acceptors (Lipinski definition) is 7. The number of carbonyl (C=O) groups is 3. The Balaban J connectivity index is 1.98. The van der Waals surface area contributed by atoms with Crippen LogP contribution in [-0.2, 0) is 9.59 Å². The summed E-state index contributed by atoms with van der Waals surface area (Å²) in [6.07, 6.45) is 0.112. The number of aliphatic hydroxyl groups is 3. The van der Waals surface area contributed by atoms with E-state index < -0.39 is 57.9 Å². The third-order valence-corrected chi connectivity index (χ3v) is 6.78. The Morgan fingerprint density at radius 3 is 2.41 bits per heavy atom. The lowest BCUT2D eigenvalue weighted by molar-refractivity contribution is -0.147. The lowest BCUT2D eigenvalue weighted by atomic mass is 9.56. The number of aliphatic hydroxyl groups excluding tert-OH is 2. The van der Waals surface area contributed by atoms with E-state index in [1.165, 1.54) is 13.0 Å². The van der Waals surface area contributed by atoms with Crippen LogP contribution in [0.15, 0.2) is 40.9 Å². The highest BCUT2D eigenvalue weighted by Gasteiger charge is 2.62. The van der Waals surface area contributed by atoms with Crippen molar-refractivity contribution in [3.8, 4) is 5.75 Å². The molecule has 0 heterocycles. The number of Topliss-reactive ketones (excluding diaryl/α,β-unsaturated/α-hetero) is 2. The van der Waals surface area contributed by atoms with Crippen molar-refractivity contribution in [2.24, 2.45) is 23.5 Å². The maximum Gasteiger partial charge on any atom is 0.255 e. The number of benzene rings is 1. The van der Waals surface area contributed by atoms with Gasteiger partial charge in [-0.3, -0.25) is 14.4 Å². The van der Waals surface area contributed by atoms with Gasteiger partial charge in [0, 0.05) is 17.4 Å². The summed E-state index contributed by atoms with van der Waals surface area (Å²) in [4.78, 5) is 37.8. The van der Waals surface area contributed by atoms with Crippen LogP contribution in [0, 0.1) is 17.8 Å². The normalized spacial score (nSPS) is 33.9. The molecule has 5 atom stereocenters. The van der Waals surface area contributed by atoms with Crippen molar-refractivity contribution in [2.75, 3.05) is 0 Å². The molecule has 3 aliphatic carbocycles. The number of phenolic OH excluding ortho intramolecular Hbond substituents is 1. The molecule has 4 rings (SSSR count). The lowest BCUT2D eigenvalue weighted by Gasteiger charge is -2.49. The van der Waals surface area contributed by atoms with Gasteiger partial charge in [0.15, 0.2) is 11.4 Å². The lowest BCUT2D eigenvalue weighted by Crippen LogP contribution is -2.59. The Bertz CT molecular complexity index is 1050.